The molecule has 2 saturated heterocycles. The highest BCUT2D eigenvalue weighted by Crippen LogP contribution is 2.47. The van der Waals surface area contributed by atoms with E-state index in [1.54, 1.807) is 18.7 Å². The molecule has 4 aliphatic rings. The van der Waals surface area contributed by atoms with E-state index in [9.17, 15) is 4.79 Å². The van der Waals surface area contributed by atoms with E-state index in [0.29, 0.717) is 19.7 Å². The molecule has 3 aromatic carbocycles. The molecule has 2 spiro atoms. The summed E-state index contributed by atoms with van der Waals surface area (Å²) in [4.78, 5) is 14.3. The molecule has 284 valence electrons. The summed E-state index contributed by atoms with van der Waals surface area (Å²) in [6.45, 7) is 15.4. The van der Waals surface area contributed by atoms with Crippen molar-refractivity contribution in [2.45, 2.75) is 128 Å². The largest absolute Gasteiger partial charge is 0.487 e. The number of hydrogen-bond donors (Lipinski definition) is 2. The minimum atomic E-state index is -0.288. The zero-order chi connectivity index (χ0) is 37.1. The lowest BCUT2D eigenvalue weighted by Gasteiger charge is -2.46. The van der Waals surface area contributed by atoms with Crippen LogP contribution in [0, 0.1) is 0 Å². The minimum Gasteiger partial charge on any atom is -0.487 e. The first-order valence-electron chi connectivity index (χ1n) is 19.2. The molecule has 0 saturated carbocycles. The van der Waals surface area contributed by atoms with Gasteiger partial charge in [0.25, 0.3) is 0 Å². The number of nitrogens with one attached hydrogen (secondary N) is 1. The fourth-order valence-electron chi connectivity index (χ4n) is 7.43. The molecule has 2 fully saturated rings. The predicted octanol–water partition coefficient (Wildman–Crippen LogP) is 8.55. The van der Waals surface area contributed by atoms with E-state index in [1.165, 1.54) is 5.56 Å². The molecule has 2 atom stereocenters. The second-order valence-electron chi connectivity index (χ2n) is 15.3. The maximum Gasteiger partial charge on any atom is 0.410 e. The Kier molecular flexibility index (Phi) is 14.0. The molecule has 0 radical (unpaired) electrons. The number of carbonyl (C=O) groups excluding carboxylic acids is 1. The van der Waals surface area contributed by atoms with Crippen molar-refractivity contribution >= 4 is 6.09 Å². The summed E-state index contributed by atoms with van der Waals surface area (Å²) in [5.41, 5.74) is 3.01. The van der Waals surface area contributed by atoms with Crippen LogP contribution in [0.4, 0.5) is 4.79 Å². The molecule has 52 heavy (non-hydrogen) atoms. The van der Waals surface area contributed by atoms with Crippen molar-refractivity contribution in [2.75, 3.05) is 26.2 Å². The van der Waals surface area contributed by atoms with Crippen LogP contribution in [0.5, 0.6) is 11.5 Å². The highest BCUT2D eigenvalue weighted by molar-refractivity contribution is 5.67. The van der Waals surface area contributed by atoms with Gasteiger partial charge in [-0.2, -0.15) is 0 Å². The number of ether oxygens (including phenoxy) is 5. The van der Waals surface area contributed by atoms with Crippen molar-refractivity contribution in [3.8, 4) is 11.5 Å². The van der Waals surface area contributed by atoms with Gasteiger partial charge >= 0.3 is 6.09 Å². The summed E-state index contributed by atoms with van der Waals surface area (Å²) >= 11 is 0. The fraction of sp³-hybridized carbons (Fsp3) is 0.558. The molecule has 4 heterocycles. The van der Waals surface area contributed by atoms with Gasteiger partial charge in [0, 0.05) is 56.0 Å². The number of fused-ring (bicyclic) bond motifs is 2. The Morgan fingerprint density at radius 3 is 1.65 bits per heavy atom. The molecular weight excluding hydrogens is 656 g/mol. The van der Waals surface area contributed by atoms with Crippen molar-refractivity contribution in [2.24, 2.45) is 0 Å². The van der Waals surface area contributed by atoms with Gasteiger partial charge < -0.3 is 39.0 Å². The summed E-state index contributed by atoms with van der Waals surface area (Å²) in [5.74, 6) is 1.92. The number of piperidine rings is 2. The van der Waals surface area contributed by atoms with Crippen LogP contribution in [0.3, 0.4) is 0 Å². The first-order chi connectivity index (χ1) is 25.0. The van der Waals surface area contributed by atoms with Gasteiger partial charge in [-0.15, -0.1) is 0 Å². The van der Waals surface area contributed by atoms with E-state index >= 15 is 0 Å². The number of amides is 1. The lowest BCUT2D eigenvalue weighted by molar-refractivity contribution is -0.0885. The smallest absolute Gasteiger partial charge is 0.410 e. The van der Waals surface area contributed by atoms with Crippen LogP contribution in [0.15, 0.2) is 78.9 Å². The number of aliphatic hydroxyl groups is 1. The van der Waals surface area contributed by atoms with Gasteiger partial charge in [0.15, 0.2) is 0 Å². The van der Waals surface area contributed by atoms with Crippen molar-refractivity contribution in [1.82, 2.24) is 10.2 Å². The molecule has 9 nitrogen and oxygen atoms in total. The summed E-state index contributed by atoms with van der Waals surface area (Å²) in [6, 6.07) is 26.2. The average Bonchev–Trinajstić information content (AvgIpc) is 3.11. The van der Waals surface area contributed by atoms with Crippen LogP contribution in [0.2, 0.25) is 0 Å². The number of benzene rings is 3. The molecule has 7 rings (SSSR count). The third-order valence-corrected chi connectivity index (χ3v) is 9.83. The third kappa shape index (κ3) is 10.9. The highest BCUT2D eigenvalue weighted by atomic mass is 16.6. The summed E-state index contributed by atoms with van der Waals surface area (Å²) in [5, 5.41) is 11.5. The van der Waals surface area contributed by atoms with E-state index < -0.39 is 0 Å². The predicted molar refractivity (Wildman–Crippen MR) is 204 cm³/mol. The molecule has 0 aliphatic carbocycles. The molecule has 3 aromatic rings. The topological polar surface area (TPSA) is 98.7 Å². The highest BCUT2D eigenvalue weighted by Gasteiger charge is 2.45. The van der Waals surface area contributed by atoms with Gasteiger partial charge in [0.05, 0.1) is 24.4 Å². The lowest BCUT2D eigenvalue weighted by Crippen LogP contribution is -2.52. The number of rotatable bonds is 6. The number of carbonyl (C=O) groups is 1. The van der Waals surface area contributed by atoms with Crippen molar-refractivity contribution in [3.05, 3.63) is 95.6 Å². The maximum atomic E-state index is 12.5. The Labute approximate surface area is 310 Å². The van der Waals surface area contributed by atoms with E-state index in [4.69, 9.17) is 28.8 Å². The van der Waals surface area contributed by atoms with Gasteiger partial charge in [0.2, 0.25) is 0 Å². The lowest BCUT2D eigenvalue weighted by atomic mass is 9.81. The Morgan fingerprint density at radius 1 is 0.731 bits per heavy atom. The van der Waals surface area contributed by atoms with Gasteiger partial charge in [-0.05, 0) is 85.2 Å². The molecular formula is C43H60N2O7. The normalized spacial score (nSPS) is 21.2. The zero-order valence-corrected chi connectivity index (χ0v) is 32.0. The number of para-hydroxylation sites is 2. The van der Waals surface area contributed by atoms with Crippen molar-refractivity contribution < 1.29 is 33.6 Å². The number of nitrogens with zero attached hydrogens (tertiary/aromatic N) is 1. The molecule has 0 aromatic heterocycles. The molecule has 9 heteroatoms. The molecule has 2 N–H and O–H groups in total. The van der Waals surface area contributed by atoms with Gasteiger partial charge in [-0.3, -0.25) is 0 Å². The molecule has 4 aliphatic heterocycles. The van der Waals surface area contributed by atoms with Gasteiger partial charge in [0.1, 0.15) is 29.3 Å². The summed E-state index contributed by atoms with van der Waals surface area (Å²) in [7, 11) is 0. The van der Waals surface area contributed by atoms with Crippen LogP contribution in [0.25, 0.3) is 0 Å². The van der Waals surface area contributed by atoms with Crippen LogP contribution >= 0.6 is 0 Å². The van der Waals surface area contributed by atoms with E-state index in [-0.39, 0.29) is 47.8 Å². The standard InChI is InChI=1S/C24H29NO4.C16H23NO2.C3H8O/c1-18(2)28-22-16-24(29-21-11-7-6-10-20(21)22)12-14-25(15-13-24)23(26)27-17-19-8-4-3-5-9-19;1-12(2)18-15-11-16(7-9-17-10-8-16)19-14-6-4-3-5-13(14)15;1-3(2)4/h3-11,18,22H,12-17H2,1-2H3;3-6,12,15,17H,7-11H2,1-2H3;3-4H,1-2H3. The minimum absolute atomic E-state index is 0.0246. The summed E-state index contributed by atoms with van der Waals surface area (Å²) < 4.78 is 30.7. The molecule has 0 bridgehead atoms. The van der Waals surface area contributed by atoms with Gasteiger partial charge in [-0.1, -0.05) is 66.7 Å². The van der Waals surface area contributed by atoms with Crippen molar-refractivity contribution in [3.63, 3.8) is 0 Å². The number of hydrogen-bond acceptors (Lipinski definition) is 8. The second-order valence-corrected chi connectivity index (χ2v) is 15.3. The van der Waals surface area contributed by atoms with Crippen LogP contribution < -0.4 is 14.8 Å². The third-order valence-electron chi connectivity index (χ3n) is 9.83. The SMILES string of the molecule is CC(C)O.CC(C)OC1CC2(CCN(C(=O)OCc3ccccc3)CC2)Oc2ccccc21.CC(C)OC1CC2(CCNCC2)Oc2ccccc21. The molecule has 2 unspecified atom stereocenters. The van der Waals surface area contributed by atoms with Crippen LogP contribution in [0.1, 0.15) is 109 Å². The summed E-state index contributed by atoms with van der Waals surface area (Å²) in [6.07, 6.45) is 5.65. The Hall–Kier alpha value is -3.63. The first-order valence-corrected chi connectivity index (χ1v) is 19.2. The fourth-order valence-corrected chi connectivity index (χ4v) is 7.43. The van der Waals surface area contributed by atoms with Crippen LogP contribution in [-0.2, 0) is 20.8 Å². The Bertz CT molecular complexity index is 1530. The Morgan fingerprint density at radius 2 is 1.17 bits per heavy atom. The number of likely N-dealkylation sites (tertiary alicyclic amines) is 1. The maximum absolute atomic E-state index is 12.5. The second kappa shape index (κ2) is 18.4. The van der Waals surface area contributed by atoms with E-state index in [0.717, 1.165) is 74.2 Å². The van der Waals surface area contributed by atoms with Crippen LogP contribution in [-0.4, -0.2) is 71.8 Å². The molecule has 1 amide bonds. The van der Waals surface area contributed by atoms with Gasteiger partial charge in [-0.25, -0.2) is 4.79 Å². The van der Waals surface area contributed by atoms with Crippen molar-refractivity contribution in [1.29, 1.82) is 0 Å². The van der Waals surface area contributed by atoms with E-state index in [1.807, 2.05) is 54.6 Å². The monoisotopic (exact) mass is 716 g/mol. The van der Waals surface area contributed by atoms with E-state index in [2.05, 4.69) is 57.3 Å². The number of aliphatic hydroxyl groups excluding tert-OH is 1. The average molecular weight is 717 g/mol. The quantitative estimate of drug-likeness (QED) is 0.262. The first kappa shape index (κ1) is 39.6. The Balaban J connectivity index is 0.000000195. The zero-order valence-electron chi connectivity index (χ0n) is 32.0.